The Balaban J connectivity index is 1.81. The maximum absolute atomic E-state index is 12.3. The third kappa shape index (κ3) is 3.75. The molecule has 3 rings (SSSR count). The average Bonchev–Trinajstić information content (AvgIpc) is 3.11. The highest BCUT2D eigenvalue weighted by atomic mass is 35.5. The summed E-state index contributed by atoms with van der Waals surface area (Å²) in [5.74, 6) is 1.21. The predicted octanol–water partition coefficient (Wildman–Crippen LogP) is 4.26. The zero-order valence-corrected chi connectivity index (χ0v) is 14.3. The van der Waals surface area contributed by atoms with Crippen LogP contribution in [-0.2, 0) is 0 Å². The first-order valence-electron chi connectivity index (χ1n) is 7.36. The van der Waals surface area contributed by atoms with Crippen molar-refractivity contribution in [1.29, 1.82) is 0 Å². The topological polar surface area (TPSA) is 73.6 Å². The fourth-order valence-corrected chi connectivity index (χ4v) is 2.46. The van der Waals surface area contributed by atoms with Gasteiger partial charge in [-0.05, 0) is 36.4 Å². The summed E-state index contributed by atoms with van der Waals surface area (Å²) in [4.78, 5) is 12.3. The van der Waals surface area contributed by atoms with Gasteiger partial charge in [0.2, 0.25) is 0 Å². The Morgan fingerprint density at radius 1 is 1.08 bits per heavy atom. The number of hydrogen-bond acceptors (Lipinski definition) is 5. The summed E-state index contributed by atoms with van der Waals surface area (Å²) < 4.78 is 15.7. The molecule has 7 heteroatoms. The van der Waals surface area contributed by atoms with Gasteiger partial charge in [-0.15, -0.1) is 0 Å². The molecule has 0 atom stereocenters. The van der Waals surface area contributed by atoms with E-state index in [1.807, 2.05) is 0 Å². The number of carbonyl (C=O) groups excluding carboxylic acids is 1. The quantitative estimate of drug-likeness (QED) is 0.737. The number of benzene rings is 2. The molecular weight excluding hydrogens is 344 g/mol. The van der Waals surface area contributed by atoms with Crippen molar-refractivity contribution in [3.63, 3.8) is 0 Å². The summed E-state index contributed by atoms with van der Waals surface area (Å²) in [7, 11) is 3.11. The van der Waals surface area contributed by atoms with Gasteiger partial charge in [0.25, 0.3) is 5.91 Å². The van der Waals surface area contributed by atoms with Crippen LogP contribution in [0.5, 0.6) is 11.5 Å². The molecule has 25 heavy (non-hydrogen) atoms. The number of anilines is 1. The minimum Gasteiger partial charge on any atom is -0.493 e. The van der Waals surface area contributed by atoms with E-state index in [2.05, 4.69) is 10.5 Å². The van der Waals surface area contributed by atoms with Crippen molar-refractivity contribution in [3.8, 4) is 22.8 Å². The Bertz CT molecular complexity index is 908. The van der Waals surface area contributed by atoms with Crippen LogP contribution in [0.4, 0.5) is 5.69 Å². The zero-order chi connectivity index (χ0) is 17.8. The van der Waals surface area contributed by atoms with Crippen molar-refractivity contribution in [3.05, 3.63) is 59.2 Å². The largest absolute Gasteiger partial charge is 0.493 e. The van der Waals surface area contributed by atoms with E-state index in [1.165, 1.54) is 0 Å². The molecule has 6 nitrogen and oxygen atoms in total. The third-order valence-corrected chi connectivity index (χ3v) is 3.73. The van der Waals surface area contributed by atoms with E-state index in [0.717, 1.165) is 0 Å². The van der Waals surface area contributed by atoms with Gasteiger partial charge in [-0.2, -0.15) is 0 Å². The molecule has 0 aliphatic carbocycles. The van der Waals surface area contributed by atoms with Gasteiger partial charge in [0.05, 0.1) is 14.2 Å². The van der Waals surface area contributed by atoms with Crippen LogP contribution in [0.3, 0.4) is 0 Å². The monoisotopic (exact) mass is 358 g/mol. The zero-order valence-electron chi connectivity index (χ0n) is 13.6. The van der Waals surface area contributed by atoms with Crippen molar-refractivity contribution in [2.45, 2.75) is 0 Å². The van der Waals surface area contributed by atoms with Crippen molar-refractivity contribution in [2.24, 2.45) is 0 Å². The molecule has 128 valence electrons. The molecule has 1 amide bonds. The van der Waals surface area contributed by atoms with Crippen LogP contribution in [0.1, 0.15) is 10.5 Å². The van der Waals surface area contributed by atoms with E-state index < -0.39 is 5.91 Å². The smallest absolute Gasteiger partial charge is 0.277 e. The predicted molar refractivity (Wildman–Crippen MR) is 94.4 cm³/mol. The summed E-state index contributed by atoms with van der Waals surface area (Å²) in [5.41, 5.74) is 1.45. The van der Waals surface area contributed by atoms with Gasteiger partial charge in [0.15, 0.2) is 23.0 Å². The van der Waals surface area contributed by atoms with Crippen molar-refractivity contribution in [2.75, 3.05) is 19.5 Å². The Labute approximate surface area is 149 Å². The molecule has 1 N–H and O–H groups in total. The molecule has 0 spiro atoms. The first-order valence-corrected chi connectivity index (χ1v) is 7.74. The number of amides is 1. The van der Waals surface area contributed by atoms with Gasteiger partial charge in [-0.3, -0.25) is 4.79 Å². The number of ether oxygens (including phenoxy) is 2. The number of rotatable bonds is 5. The van der Waals surface area contributed by atoms with Crippen LogP contribution in [0.2, 0.25) is 5.02 Å². The second kappa shape index (κ2) is 7.27. The van der Waals surface area contributed by atoms with Gasteiger partial charge < -0.3 is 19.3 Å². The lowest BCUT2D eigenvalue weighted by Crippen LogP contribution is -2.11. The standard InChI is InChI=1S/C18H15ClN2O4/c1-23-15-7-6-11(8-17(15)24-2)16-10-14(21-25-16)18(22)20-13-5-3-4-12(19)9-13/h3-10H,1-2H3,(H,20,22). The molecule has 2 aromatic carbocycles. The Morgan fingerprint density at radius 2 is 1.88 bits per heavy atom. The maximum atomic E-state index is 12.3. The first-order chi connectivity index (χ1) is 12.1. The van der Waals surface area contributed by atoms with Gasteiger partial charge in [0, 0.05) is 22.3 Å². The maximum Gasteiger partial charge on any atom is 0.277 e. The lowest BCUT2D eigenvalue weighted by atomic mass is 10.1. The molecule has 1 aromatic heterocycles. The van der Waals surface area contributed by atoms with E-state index in [0.29, 0.717) is 33.5 Å². The van der Waals surface area contributed by atoms with E-state index in [9.17, 15) is 4.79 Å². The van der Waals surface area contributed by atoms with Crippen molar-refractivity contribution >= 4 is 23.2 Å². The highest BCUT2D eigenvalue weighted by Gasteiger charge is 2.15. The number of hydrogen-bond donors (Lipinski definition) is 1. The highest BCUT2D eigenvalue weighted by molar-refractivity contribution is 6.30. The fraction of sp³-hybridized carbons (Fsp3) is 0.111. The van der Waals surface area contributed by atoms with Crippen LogP contribution in [0, 0.1) is 0 Å². The summed E-state index contributed by atoms with van der Waals surface area (Å²) in [5, 5.41) is 7.06. The summed E-state index contributed by atoms with van der Waals surface area (Å²) in [6, 6.07) is 13.7. The van der Waals surface area contributed by atoms with Crippen molar-refractivity contribution in [1.82, 2.24) is 5.16 Å². The molecule has 0 aliphatic heterocycles. The van der Waals surface area contributed by atoms with Gasteiger partial charge in [0.1, 0.15) is 0 Å². The number of halogens is 1. The number of methoxy groups -OCH3 is 2. The Kier molecular flexibility index (Phi) is 4.90. The lowest BCUT2D eigenvalue weighted by Gasteiger charge is -2.07. The van der Waals surface area contributed by atoms with Gasteiger partial charge in [-0.25, -0.2) is 0 Å². The van der Waals surface area contributed by atoms with Crippen LogP contribution < -0.4 is 14.8 Å². The number of nitrogens with one attached hydrogen (secondary N) is 1. The van der Waals surface area contributed by atoms with Gasteiger partial charge in [-0.1, -0.05) is 22.8 Å². The SMILES string of the molecule is COc1ccc(-c2cc(C(=O)Nc3cccc(Cl)c3)no2)cc1OC. The minimum absolute atomic E-state index is 0.157. The van der Waals surface area contributed by atoms with Gasteiger partial charge >= 0.3 is 0 Å². The molecule has 1 heterocycles. The highest BCUT2D eigenvalue weighted by Crippen LogP contribution is 2.32. The number of carbonyl (C=O) groups is 1. The number of aromatic nitrogens is 1. The van der Waals surface area contributed by atoms with E-state index >= 15 is 0 Å². The van der Waals surface area contributed by atoms with E-state index in [1.54, 1.807) is 62.8 Å². The molecular formula is C18H15ClN2O4. The molecule has 0 radical (unpaired) electrons. The summed E-state index contributed by atoms with van der Waals surface area (Å²) in [6.45, 7) is 0. The third-order valence-electron chi connectivity index (χ3n) is 3.49. The second-order valence-corrected chi connectivity index (χ2v) is 5.55. The molecule has 0 fully saturated rings. The second-order valence-electron chi connectivity index (χ2n) is 5.11. The van der Waals surface area contributed by atoms with Crippen LogP contribution in [0.25, 0.3) is 11.3 Å². The van der Waals surface area contributed by atoms with Crippen LogP contribution in [-0.4, -0.2) is 25.3 Å². The average molecular weight is 359 g/mol. The Hall–Kier alpha value is -2.99. The molecule has 0 unspecified atom stereocenters. The first kappa shape index (κ1) is 16.9. The molecule has 0 bridgehead atoms. The molecule has 0 saturated carbocycles. The van der Waals surface area contributed by atoms with E-state index in [4.69, 9.17) is 25.6 Å². The van der Waals surface area contributed by atoms with Crippen molar-refractivity contribution < 1.29 is 18.8 Å². The fourth-order valence-electron chi connectivity index (χ4n) is 2.27. The minimum atomic E-state index is -0.391. The molecule has 0 saturated heterocycles. The lowest BCUT2D eigenvalue weighted by molar-refractivity contribution is 0.101. The summed E-state index contributed by atoms with van der Waals surface area (Å²) in [6.07, 6.45) is 0. The van der Waals surface area contributed by atoms with E-state index in [-0.39, 0.29) is 5.69 Å². The molecule has 0 aliphatic rings. The number of nitrogens with zero attached hydrogens (tertiary/aromatic N) is 1. The summed E-state index contributed by atoms with van der Waals surface area (Å²) >= 11 is 5.90. The Morgan fingerprint density at radius 3 is 2.60 bits per heavy atom. The molecule has 3 aromatic rings. The van der Waals surface area contributed by atoms with Crippen LogP contribution >= 0.6 is 11.6 Å². The van der Waals surface area contributed by atoms with Crippen LogP contribution in [0.15, 0.2) is 53.1 Å². The normalized spacial score (nSPS) is 10.4.